The van der Waals surface area contributed by atoms with Crippen LogP contribution in [-0.2, 0) is 29.8 Å². The lowest BCUT2D eigenvalue weighted by atomic mass is 9.77. The van der Waals surface area contributed by atoms with Crippen LogP contribution < -0.4 is 4.74 Å². The topological polar surface area (TPSA) is 100 Å². The summed E-state index contributed by atoms with van der Waals surface area (Å²) in [4.78, 5) is 29.1. The third-order valence-electron chi connectivity index (χ3n) is 6.75. The van der Waals surface area contributed by atoms with Crippen LogP contribution in [0.1, 0.15) is 12.5 Å². The van der Waals surface area contributed by atoms with Crippen molar-refractivity contribution in [3.8, 4) is 5.75 Å². The normalized spacial score (nSPS) is 21.8. The highest BCUT2D eigenvalue weighted by Crippen LogP contribution is 2.50. The first-order valence-corrected chi connectivity index (χ1v) is 22.0. The molecule has 218 valence electrons. The van der Waals surface area contributed by atoms with Gasteiger partial charge in [-0.05, 0) is 69.5 Å². The number of thioether (sulfide) groups is 1. The van der Waals surface area contributed by atoms with Gasteiger partial charge in [0.25, 0.3) is 0 Å². The third-order valence-corrected chi connectivity index (χ3v) is 10.8. The van der Waals surface area contributed by atoms with Gasteiger partial charge in [-0.2, -0.15) is 0 Å². The quantitative estimate of drug-likeness (QED) is 0.130. The molecular formula is C27H39N3O6S2Si2. The number of fused-ring (bicyclic) bond motifs is 1. The number of carbonyl (C=O) groups excluding carboxylic acids is 2. The number of methoxy groups -OCH3 is 1. The van der Waals surface area contributed by atoms with Gasteiger partial charge in [0.2, 0.25) is 5.91 Å². The van der Waals surface area contributed by atoms with Crippen LogP contribution in [0.5, 0.6) is 5.75 Å². The van der Waals surface area contributed by atoms with Crippen LogP contribution in [-0.4, -0.2) is 75.2 Å². The van der Waals surface area contributed by atoms with Gasteiger partial charge >= 0.3 is 5.97 Å². The van der Waals surface area contributed by atoms with E-state index in [1.807, 2.05) is 31.2 Å². The van der Waals surface area contributed by atoms with E-state index in [2.05, 4.69) is 49.5 Å². The zero-order valence-electron chi connectivity index (χ0n) is 24.4. The van der Waals surface area contributed by atoms with Crippen molar-refractivity contribution < 1.29 is 27.9 Å². The maximum Gasteiger partial charge on any atom is 0.355 e. The van der Waals surface area contributed by atoms with E-state index in [1.165, 1.54) is 23.1 Å². The molecule has 2 aliphatic rings. The lowest BCUT2D eigenvalue weighted by Gasteiger charge is -2.49. The lowest BCUT2D eigenvalue weighted by molar-refractivity contribution is -0.164. The first kappa shape index (κ1) is 30.9. The molecule has 2 aromatic rings. The summed E-state index contributed by atoms with van der Waals surface area (Å²) in [5.41, 5.74) is 3.71. The number of carbonyl (C=O) groups is 2. The molecule has 2 aliphatic heterocycles. The smallest absolute Gasteiger partial charge is 0.355 e. The number of nitrogens with zero attached hydrogens (tertiary/aromatic N) is 3. The molecule has 13 heteroatoms. The summed E-state index contributed by atoms with van der Waals surface area (Å²) in [6.45, 7) is 15.3. The average molecular weight is 622 g/mol. The largest absolute Gasteiger partial charge is 0.497 e. The molecule has 1 amide bonds. The monoisotopic (exact) mass is 621 g/mol. The number of hydrogen-bond acceptors (Lipinski definition) is 10. The molecule has 4 atom stereocenters. The van der Waals surface area contributed by atoms with Crippen LogP contribution in [0.25, 0.3) is 0 Å². The van der Waals surface area contributed by atoms with Gasteiger partial charge in [-0.3, -0.25) is 4.79 Å². The lowest BCUT2D eigenvalue weighted by Crippen LogP contribution is -2.65. The van der Waals surface area contributed by atoms with E-state index in [0.717, 1.165) is 21.2 Å². The molecule has 0 radical (unpaired) electrons. The first-order chi connectivity index (χ1) is 18.8. The summed E-state index contributed by atoms with van der Waals surface area (Å²) >= 11 is 2.96. The molecule has 0 saturated carbocycles. The highest BCUT2D eigenvalue weighted by molar-refractivity contribution is 8.01. The molecule has 3 heterocycles. The Morgan fingerprint density at radius 2 is 1.82 bits per heavy atom. The van der Waals surface area contributed by atoms with Gasteiger partial charge in [-0.1, -0.05) is 35.2 Å². The highest BCUT2D eigenvalue weighted by Gasteiger charge is 2.61. The Bertz CT molecular complexity index is 1230. The molecule has 4 rings (SSSR count). The molecule has 1 aromatic carbocycles. The second-order valence-electron chi connectivity index (χ2n) is 12.0. The van der Waals surface area contributed by atoms with E-state index in [0.29, 0.717) is 18.1 Å². The van der Waals surface area contributed by atoms with Crippen molar-refractivity contribution in [3.05, 3.63) is 46.6 Å². The third kappa shape index (κ3) is 7.23. The highest BCUT2D eigenvalue weighted by atomic mass is 32.2. The van der Waals surface area contributed by atoms with Gasteiger partial charge in [-0.15, -0.1) is 10.2 Å². The Kier molecular flexibility index (Phi) is 9.62. The molecular weight excluding hydrogens is 583 g/mol. The van der Waals surface area contributed by atoms with Crippen LogP contribution in [0, 0.1) is 11.8 Å². The maximum absolute atomic E-state index is 13.7. The summed E-state index contributed by atoms with van der Waals surface area (Å²) in [7, 11) is -2.18. The van der Waals surface area contributed by atoms with Crippen LogP contribution in [0.3, 0.4) is 0 Å². The van der Waals surface area contributed by atoms with Crippen molar-refractivity contribution in [2.75, 3.05) is 19.5 Å². The van der Waals surface area contributed by atoms with Gasteiger partial charge < -0.3 is 23.2 Å². The minimum Gasteiger partial charge on any atom is -0.497 e. The van der Waals surface area contributed by atoms with Crippen molar-refractivity contribution in [2.24, 2.45) is 11.8 Å². The molecule has 0 N–H and O–H groups in total. The summed E-state index contributed by atoms with van der Waals surface area (Å²) in [5, 5.41) is 8.10. The van der Waals surface area contributed by atoms with Gasteiger partial charge in [0.1, 0.15) is 23.6 Å². The van der Waals surface area contributed by atoms with Crippen molar-refractivity contribution in [1.82, 2.24) is 15.1 Å². The van der Waals surface area contributed by atoms with Crippen LogP contribution in [0.15, 0.2) is 45.4 Å². The van der Waals surface area contributed by atoms with Crippen molar-refractivity contribution in [3.63, 3.8) is 0 Å². The minimum absolute atomic E-state index is 0.0878. The van der Waals surface area contributed by atoms with E-state index in [4.69, 9.17) is 18.3 Å². The summed E-state index contributed by atoms with van der Waals surface area (Å²) in [6.07, 6.45) is -0.262. The van der Waals surface area contributed by atoms with Gasteiger partial charge in [0, 0.05) is 18.3 Å². The van der Waals surface area contributed by atoms with Gasteiger partial charge in [-0.25, -0.2) is 4.79 Å². The Balaban J connectivity index is 1.65. The number of rotatable bonds is 13. The SMILES string of the molecule is COc1ccc(COC(=O)C2=C(CSc3nncs3)[C@H](CO[Si](C)(C)C)[C@@H]3[C@@H]([C@@H](C)O[Si](C)(C)C)C(=O)N23)cc1. The van der Waals surface area contributed by atoms with Crippen molar-refractivity contribution in [1.29, 1.82) is 0 Å². The van der Waals surface area contributed by atoms with E-state index >= 15 is 0 Å². The van der Waals surface area contributed by atoms with E-state index in [1.54, 1.807) is 17.5 Å². The fourth-order valence-electron chi connectivity index (χ4n) is 5.12. The predicted molar refractivity (Wildman–Crippen MR) is 161 cm³/mol. The minimum atomic E-state index is -1.90. The number of esters is 1. The Morgan fingerprint density at radius 3 is 2.40 bits per heavy atom. The van der Waals surface area contributed by atoms with Gasteiger partial charge in [0.05, 0.1) is 25.2 Å². The number of amides is 1. The zero-order chi connectivity index (χ0) is 29.2. The first-order valence-electron chi connectivity index (χ1n) is 13.4. The molecule has 1 aromatic heterocycles. The van der Waals surface area contributed by atoms with Crippen molar-refractivity contribution in [2.45, 2.75) is 69.3 Å². The molecule has 1 saturated heterocycles. The molecule has 40 heavy (non-hydrogen) atoms. The standard InChI is InChI=1S/C27H39N3O6S2Si2/c1-17(36-40(6,7)8)22-23-20(14-35-39(3,4)5)21(15-37-27-29-28-16-38-27)24(30(23)25(22)31)26(32)34-13-18-9-11-19(33-2)12-10-18/h9-12,16-17,20,22-23H,13-15H2,1-8H3/t17-,20+,22-,23-/m1/s1. The summed E-state index contributed by atoms with van der Waals surface area (Å²) in [6, 6.07) is 7.14. The summed E-state index contributed by atoms with van der Waals surface area (Å²) < 4.78 is 24.6. The van der Waals surface area contributed by atoms with E-state index in [9.17, 15) is 9.59 Å². The van der Waals surface area contributed by atoms with Crippen molar-refractivity contribution >= 4 is 51.6 Å². The predicted octanol–water partition coefficient (Wildman–Crippen LogP) is 5.18. The second kappa shape index (κ2) is 12.5. The fraction of sp³-hybridized carbons (Fsp3) is 0.556. The molecule has 0 unspecified atom stereocenters. The molecule has 0 spiro atoms. The average Bonchev–Trinajstić information content (AvgIpc) is 3.48. The van der Waals surface area contributed by atoms with E-state index in [-0.39, 0.29) is 36.5 Å². The molecule has 9 nitrogen and oxygen atoms in total. The number of β-lactam (4-membered cyclic amide) rings is 1. The fourth-order valence-corrected chi connectivity index (χ4v) is 8.65. The number of ether oxygens (including phenoxy) is 2. The number of benzene rings is 1. The second-order valence-corrected chi connectivity index (χ2v) is 23.0. The summed E-state index contributed by atoms with van der Waals surface area (Å²) in [5.74, 6) is 0.111. The van der Waals surface area contributed by atoms with E-state index < -0.39 is 22.6 Å². The maximum atomic E-state index is 13.7. The van der Waals surface area contributed by atoms with Crippen LogP contribution >= 0.6 is 23.1 Å². The van der Waals surface area contributed by atoms with Crippen LogP contribution in [0.2, 0.25) is 39.3 Å². The molecule has 0 bridgehead atoms. The van der Waals surface area contributed by atoms with Gasteiger partial charge in [0.15, 0.2) is 21.0 Å². The Labute approximate surface area is 246 Å². The molecule has 1 fully saturated rings. The molecule has 0 aliphatic carbocycles. The zero-order valence-corrected chi connectivity index (χ0v) is 28.1. The number of aromatic nitrogens is 2. The van der Waals surface area contributed by atoms with Crippen LogP contribution in [0.4, 0.5) is 0 Å². The Hall–Kier alpha value is -2.04. The number of hydrogen-bond donors (Lipinski definition) is 0. The Morgan fingerprint density at radius 1 is 1.12 bits per heavy atom.